The first kappa shape index (κ1) is 19.9. The summed E-state index contributed by atoms with van der Waals surface area (Å²) < 4.78 is 1.96. The summed E-state index contributed by atoms with van der Waals surface area (Å²) in [5, 5.41) is 21.4. The minimum absolute atomic E-state index is 0.202. The molecule has 0 radical (unpaired) electrons. The van der Waals surface area contributed by atoms with Crippen LogP contribution in [-0.4, -0.2) is 25.9 Å². The smallest absolute Gasteiger partial charge is 0.237 e. The van der Waals surface area contributed by atoms with E-state index in [9.17, 15) is 4.79 Å². The van der Waals surface area contributed by atoms with E-state index < -0.39 is 5.25 Å². The van der Waals surface area contributed by atoms with E-state index >= 15 is 0 Å². The van der Waals surface area contributed by atoms with Gasteiger partial charge in [0, 0.05) is 17.1 Å². The quantitative estimate of drug-likeness (QED) is 0.599. The Morgan fingerprint density at radius 3 is 2.64 bits per heavy atom. The van der Waals surface area contributed by atoms with Crippen LogP contribution in [0.2, 0.25) is 5.02 Å². The Hall–Kier alpha value is -2.82. The molecule has 1 heterocycles. The SMILES string of the molecule is CCn1c(S[C@@H](C)C(=O)Nc2ccccc2C#N)nnc1-c1ccc(Cl)cc1. The van der Waals surface area contributed by atoms with Crippen LogP contribution in [0.15, 0.2) is 53.7 Å². The average Bonchev–Trinajstić information content (AvgIpc) is 3.11. The molecule has 142 valence electrons. The number of thioether (sulfide) groups is 1. The van der Waals surface area contributed by atoms with Crippen LogP contribution in [0, 0.1) is 11.3 Å². The number of rotatable bonds is 6. The Kier molecular flexibility index (Phi) is 6.34. The molecule has 1 atom stereocenters. The number of anilines is 1. The van der Waals surface area contributed by atoms with Crippen molar-refractivity contribution in [2.45, 2.75) is 30.8 Å². The lowest BCUT2D eigenvalue weighted by Gasteiger charge is -2.13. The van der Waals surface area contributed by atoms with E-state index in [0.717, 1.165) is 11.4 Å². The van der Waals surface area contributed by atoms with Crippen LogP contribution in [-0.2, 0) is 11.3 Å². The lowest BCUT2D eigenvalue weighted by atomic mass is 10.2. The van der Waals surface area contributed by atoms with Gasteiger partial charge in [0.25, 0.3) is 0 Å². The van der Waals surface area contributed by atoms with E-state index in [1.165, 1.54) is 11.8 Å². The summed E-state index contributed by atoms with van der Waals surface area (Å²) in [5.41, 5.74) is 1.83. The molecule has 0 aliphatic carbocycles. The highest BCUT2D eigenvalue weighted by Crippen LogP contribution is 2.28. The monoisotopic (exact) mass is 411 g/mol. The molecule has 6 nitrogen and oxygen atoms in total. The van der Waals surface area contributed by atoms with Crippen molar-refractivity contribution in [3.8, 4) is 17.5 Å². The van der Waals surface area contributed by atoms with Gasteiger partial charge in [-0.1, -0.05) is 35.5 Å². The number of hydrogen-bond donors (Lipinski definition) is 1. The third-order valence-electron chi connectivity index (χ3n) is 4.09. The summed E-state index contributed by atoms with van der Waals surface area (Å²) in [6.07, 6.45) is 0. The van der Waals surface area contributed by atoms with Crippen LogP contribution < -0.4 is 5.32 Å². The fraction of sp³-hybridized carbons (Fsp3) is 0.200. The van der Waals surface area contributed by atoms with E-state index in [2.05, 4.69) is 21.6 Å². The maximum Gasteiger partial charge on any atom is 0.237 e. The molecule has 2 aromatic carbocycles. The molecule has 3 aromatic rings. The topological polar surface area (TPSA) is 83.6 Å². The lowest BCUT2D eigenvalue weighted by molar-refractivity contribution is -0.115. The van der Waals surface area contributed by atoms with Gasteiger partial charge in [-0.25, -0.2) is 0 Å². The molecule has 28 heavy (non-hydrogen) atoms. The van der Waals surface area contributed by atoms with Crippen molar-refractivity contribution in [1.82, 2.24) is 14.8 Å². The minimum Gasteiger partial charge on any atom is -0.324 e. The Morgan fingerprint density at radius 1 is 1.25 bits per heavy atom. The highest BCUT2D eigenvalue weighted by Gasteiger charge is 2.21. The summed E-state index contributed by atoms with van der Waals surface area (Å²) in [5.74, 6) is 0.524. The van der Waals surface area contributed by atoms with Gasteiger partial charge in [-0.3, -0.25) is 4.79 Å². The normalized spacial score (nSPS) is 11.6. The highest BCUT2D eigenvalue weighted by molar-refractivity contribution is 8.00. The van der Waals surface area contributed by atoms with Crippen LogP contribution in [0.3, 0.4) is 0 Å². The van der Waals surface area contributed by atoms with Crippen molar-refractivity contribution >= 4 is 35.0 Å². The third-order valence-corrected chi connectivity index (χ3v) is 5.42. The Bertz CT molecular complexity index is 1030. The van der Waals surface area contributed by atoms with Crippen molar-refractivity contribution in [2.24, 2.45) is 0 Å². The maximum atomic E-state index is 12.6. The molecular weight excluding hydrogens is 394 g/mol. The Morgan fingerprint density at radius 2 is 1.96 bits per heavy atom. The van der Waals surface area contributed by atoms with Gasteiger partial charge in [-0.2, -0.15) is 5.26 Å². The van der Waals surface area contributed by atoms with Crippen LogP contribution in [0.4, 0.5) is 5.69 Å². The van der Waals surface area contributed by atoms with Crippen LogP contribution in [0.5, 0.6) is 0 Å². The number of para-hydroxylation sites is 1. The van der Waals surface area contributed by atoms with Crippen LogP contribution in [0.25, 0.3) is 11.4 Å². The summed E-state index contributed by atoms with van der Waals surface area (Å²) in [6, 6.07) is 16.4. The number of nitriles is 1. The molecule has 0 fully saturated rings. The van der Waals surface area contributed by atoms with Crippen molar-refractivity contribution in [1.29, 1.82) is 5.26 Å². The van der Waals surface area contributed by atoms with Gasteiger partial charge in [0.05, 0.1) is 16.5 Å². The van der Waals surface area contributed by atoms with Crippen molar-refractivity contribution in [2.75, 3.05) is 5.32 Å². The molecule has 8 heteroatoms. The van der Waals surface area contributed by atoms with Gasteiger partial charge in [-0.15, -0.1) is 10.2 Å². The number of amides is 1. The molecule has 0 spiro atoms. The zero-order valence-corrected chi connectivity index (χ0v) is 17.0. The maximum absolute atomic E-state index is 12.6. The van der Waals surface area contributed by atoms with Gasteiger partial charge in [0.2, 0.25) is 5.91 Å². The fourth-order valence-corrected chi connectivity index (χ4v) is 3.65. The summed E-state index contributed by atoms with van der Waals surface area (Å²) in [7, 11) is 0. The third kappa shape index (κ3) is 4.35. The van der Waals surface area contributed by atoms with Gasteiger partial charge >= 0.3 is 0 Å². The molecule has 0 saturated carbocycles. The Labute approximate surface area is 172 Å². The molecule has 0 aliphatic heterocycles. The van der Waals surface area contributed by atoms with Gasteiger partial charge in [0.1, 0.15) is 6.07 Å². The van der Waals surface area contributed by atoms with Gasteiger partial charge in [0.15, 0.2) is 11.0 Å². The molecule has 1 amide bonds. The first-order valence-corrected chi connectivity index (χ1v) is 9.95. The predicted molar refractivity (Wildman–Crippen MR) is 111 cm³/mol. The van der Waals surface area contributed by atoms with E-state index in [4.69, 9.17) is 16.9 Å². The number of hydrogen-bond acceptors (Lipinski definition) is 5. The minimum atomic E-state index is -0.417. The van der Waals surface area contributed by atoms with Gasteiger partial charge in [-0.05, 0) is 50.2 Å². The number of benzene rings is 2. The lowest BCUT2D eigenvalue weighted by Crippen LogP contribution is -2.23. The number of carbonyl (C=O) groups excluding carboxylic acids is 1. The summed E-state index contributed by atoms with van der Waals surface area (Å²) >= 11 is 7.28. The summed E-state index contributed by atoms with van der Waals surface area (Å²) in [6.45, 7) is 4.46. The van der Waals surface area contributed by atoms with Crippen LogP contribution >= 0.6 is 23.4 Å². The second-order valence-electron chi connectivity index (χ2n) is 5.96. The molecule has 1 aromatic heterocycles. The molecule has 3 rings (SSSR count). The first-order chi connectivity index (χ1) is 13.5. The van der Waals surface area contributed by atoms with Crippen molar-refractivity contribution in [3.63, 3.8) is 0 Å². The molecule has 0 saturated heterocycles. The largest absolute Gasteiger partial charge is 0.324 e. The predicted octanol–water partition coefficient (Wildman–Crippen LogP) is 4.61. The average molecular weight is 412 g/mol. The van der Waals surface area contributed by atoms with Crippen molar-refractivity contribution < 1.29 is 4.79 Å². The molecule has 1 N–H and O–H groups in total. The zero-order valence-electron chi connectivity index (χ0n) is 15.4. The first-order valence-electron chi connectivity index (χ1n) is 8.69. The second kappa shape index (κ2) is 8.91. The highest BCUT2D eigenvalue weighted by atomic mass is 35.5. The second-order valence-corrected chi connectivity index (χ2v) is 7.71. The van der Waals surface area contributed by atoms with Gasteiger partial charge < -0.3 is 9.88 Å². The summed E-state index contributed by atoms with van der Waals surface area (Å²) in [4.78, 5) is 12.6. The number of nitrogens with one attached hydrogen (secondary N) is 1. The van der Waals surface area contributed by atoms with E-state index in [-0.39, 0.29) is 5.91 Å². The molecule has 0 bridgehead atoms. The van der Waals surface area contributed by atoms with E-state index in [0.29, 0.717) is 28.0 Å². The number of carbonyl (C=O) groups is 1. The van der Waals surface area contributed by atoms with E-state index in [1.807, 2.05) is 23.6 Å². The fourth-order valence-electron chi connectivity index (χ4n) is 2.61. The zero-order chi connectivity index (χ0) is 20.1. The number of halogens is 1. The Balaban J connectivity index is 1.77. The number of nitrogens with zero attached hydrogens (tertiary/aromatic N) is 4. The van der Waals surface area contributed by atoms with Crippen molar-refractivity contribution in [3.05, 3.63) is 59.1 Å². The standard InChI is InChI=1S/C20H18ClN5OS/c1-3-26-18(14-8-10-16(21)11-9-14)24-25-20(26)28-13(2)19(27)23-17-7-5-4-6-15(17)12-22/h4-11,13H,3H2,1-2H3,(H,23,27)/t13-/m0/s1. The molecular formula is C20H18ClN5OS. The molecule has 0 aliphatic rings. The van der Waals surface area contributed by atoms with Crippen LogP contribution in [0.1, 0.15) is 19.4 Å². The molecule has 0 unspecified atom stereocenters. The number of aromatic nitrogens is 3. The van der Waals surface area contributed by atoms with E-state index in [1.54, 1.807) is 43.3 Å².